The number of morpholine rings is 1. The molecule has 9 nitrogen and oxygen atoms in total. The van der Waals surface area contributed by atoms with Crippen LogP contribution in [0, 0.1) is 0 Å². The number of fused-ring (bicyclic) bond motifs is 1. The summed E-state index contributed by atoms with van der Waals surface area (Å²) in [6, 6.07) is 11.7. The van der Waals surface area contributed by atoms with Crippen molar-refractivity contribution in [3.8, 4) is 5.75 Å². The van der Waals surface area contributed by atoms with Crippen LogP contribution in [-0.4, -0.2) is 71.3 Å². The number of ether oxygens (including phenoxy) is 3. The van der Waals surface area contributed by atoms with Crippen LogP contribution in [0.25, 0.3) is 0 Å². The highest BCUT2D eigenvalue weighted by molar-refractivity contribution is 6.35. The first-order valence-corrected chi connectivity index (χ1v) is 14.6. The minimum atomic E-state index is -1.03. The molecule has 0 radical (unpaired) electrons. The fourth-order valence-corrected chi connectivity index (χ4v) is 5.26. The van der Waals surface area contributed by atoms with Gasteiger partial charge < -0.3 is 29.3 Å². The number of likely N-dealkylation sites (tertiary alicyclic amines) is 1. The number of nitrogens with zero attached hydrogens (tertiary/aromatic N) is 2. The molecule has 0 bridgehead atoms. The highest BCUT2D eigenvalue weighted by Gasteiger charge is 2.49. The second-order valence-corrected chi connectivity index (χ2v) is 12.1. The van der Waals surface area contributed by atoms with Crippen LogP contribution in [0.5, 0.6) is 5.75 Å². The van der Waals surface area contributed by atoms with Gasteiger partial charge >= 0.3 is 6.09 Å². The van der Waals surface area contributed by atoms with E-state index in [4.69, 9.17) is 37.4 Å². The zero-order chi connectivity index (χ0) is 29.7. The SMILES string of the molecule is CCCCOc1ccc(NC(=O)CC2OC3CN(C(=O)OC(C)(C)C)CC3N(Cc3ccc(Cl)cc3Cl)C2=O)cc1. The van der Waals surface area contributed by atoms with Gasteiger partial charge in [0.25, 0.3) is 5.91 Å². The molecule has 0 aromatic heterocycles. The van der Waals surface area contributed by atoms with E-state index in [0.29, 0.717) is 27.9 Å². The second kappa shape index (κ2) is 13.3. The van der Waals surface area contributed by atoms with E-state index in [9.17, 15) is 14.4 Å². The van der Waals surface area contributed by atoms with Crippen molar-refractivity contribution in [1.29, 1.82) is 0 Å². The van der Waals surface area contributed by atoms with Gasteiger partial charge in [0.05, 0.1) is 31.7 Å². The van der Waals surface area contributed by atoms with Crippen LogP contribution < -0.4 is 10.1 Å². The molecule has 41 heavy (non-hydrogen) atoms. The van der Waals surface area contributed by atoms with Crippen molar-refractivity contribution < 1.29 is 28.6 Å². The number of carbonyl (C=O) groups excluding carboxylic acids is 3. The molecule has 2 heterocycles. The molecule has 2 aliphatic heterocycles. The highest BCUT2D eigenvalue weighted by atomic mass is 35.5. The Morgan fingerprint density at radius 2 is 1.83 bits per heavy atom. The molecule has 3 unspecified atom stereocenters. The summed E-state index contributed by atoms with van der Waals surface area (Å²) in [4.78, 5) is 42.7. The van der Waals surface area contributed by atoms with Crippen LogP contribution in [0.4, 0.5) is 10.5 Å². The maximum absolute atomic E-state index is 13.7. The molecule has 0 spiro atoms. The molecule has 11 heteroatoms. The number of halogens is 2. The lowest BCUT2D eigenvalue weighted by Gasteiger charge is -2.40. The Morgan fingerprint density at radius 1 is 1.10 bits per heavy atom. The molecule has 0 aliphatic carbocycles. The van der Waals surface area contributed by atoms with Gasteiger partial charge in [0, 0.05) is 28.8 Å². The molecule has 2 saturated heterocycles. The largest absolute Gasteiger partial charge is 0.494 e. The smallest absolute Gasteiger partial charge is 0.410 e. The topological polar surface area (TPSA) is 97.4 Å². The van der Waals surface area contributed by atoms with Crippen molar-refractivity contribution in [1.82, 2.24) is 9.80 Å². The zero-order valence-electron chi connectivity index (χ0n) is 23.8. The number of nitrogens with one attached hydrogen (secondary N) is 1. The van der Waals surface area contributed by atoms with E-state index in [1.54, 1.807) is 68.1 Å². The lowest BCUT2D eigenvalue weighted by Crippen LogP contribution is -2.58. The summed E-state index contributed by atoms with van der Waals surface area (Å²) < 4.78 is 17.4. The fraction of sp³-hybridized carbons (Fsp3) is 0.500. The van der Waals surface area contributed by atoms with Crippen LogP contribution in [0.1, 0.15) is 52.5 Å². The van der Waals surface area contributed by atoms with Gasteiger partial charge in [0.1, 0.15) is 17.5 Å². The van der Waals surface area contributed by atoms with E-state index >= 15 is 0 Å². The first-order valence-electron chi connectivity index (χ1n) is 13.8. The molecule has 3 atom stereocenters. The number of benzene rings is 2. The molecule has 2 aliphatic rings. The Hall–Kier alpha value is -3.01. The third-order valence-electron chi connectivity index (χ3n) is 6.82. The molecule has 0 saturated carbocycles. The molecule has 1 N–H and O–H groups in total. The van der Waals surface area contributed by atoms with Crippen molar-refractivity contribution in [2.75, 3.05) is 25.0 Å². The van der Waals surface area contributed by atoms with Crippen molar-refractivity contribution >= 4 is 46.8 Å². The fourth-order valence-electron chi connectivity index (χ4n) is 4.80. The number of amides is 3. The third-order valence-corrected chi connectivity index (χ3v) is 7.40. The van der Waals surface area contributed by atoms with E-state index < -0.39 is 29.9 Å². The summed E-state index contributed by atoms with van der Waals surface area (Å²) in [5, 5.41) is 3.74. The Kier molecular flexibility index (Phi) is 10.0. The Bertz CT molecular complexity index is 1250. The van der Waals surface area contributed by atoms with Crippen molar-refractivity contribution in [2.24, 2.45) is 0 Å². The van der Waals surface area contributed by atoms with Crippen LogP contribution >= 0.6 is 23.2 Å². The quantitative estimate of drug-likeness (QED) is 0.356. The third kappa shape index (κ3) is 8.27. The molecular formula is C30H37Cl2N3O6. The number of anilines is 1. The van der Waals surface area contributed by atoms with Crippen LogP contribution in [0.2, 0.25) is 10.0 Å². The van der Waals surface area contributed by atoms with Gasteiger partial charge in [-0.3, -0.25) is 9.59 Å². The Labute approximate surface area is 251 Å². The van der Waals surface area contributed by atoms with Crippen LogP contribution in [0.3, 0.4) is 0 Å². The van der Waals surface area contributed by atoms with Gasteiger partial charge in [-0.05, 0) is 69.2 Å². The molecule has 3 amide bonds. The number of hydrogen-bond acceptors (Lipinski definition) is 6. The average Bonchev–Trinajstić information content (AvgIpc) is 3.32. The van der Waals surface area contributed by atoms with Gasteiger partial charge in [-0.1, -0.05) is 42.6 Å². The van der Waals surface area contributed by atoms with Gasteiger partial charge in [-0.2, -0.15) is 0 Å². The predicted octanol–water partition coefficient (Wildman–Crippen LogP) is 5.92. The molecule has 2 aromatic carbocycles. The summed E-state index contributed by atoms with van der Waals surface area (Å²) in [6.45, 7) is 8.77. The Morgan fingerprint density at radius 3 is 2.49 bits per heavy atom. The minimum Gasteiger partial charge on any atom is -0.494 e. The Balaban J connectivity index is 1.47. The van der Waals surface area contributed by atoms with E-state index in [1.807, 2.05) is 0 Å². The van der Waals surface area contributed by atoms with Crippen LogP contribution in [-0.2, 0) is 25.6 Å². The number of rotatable bonds is 9. The van der Waals surface area contributed by atoms with Gasteiger partial charge in [0.2, 0.25) is 5.91 Å². The standard InChI is InChI=1S/C30H37Cl2N3O6/c1-5-6-13-39-22-11-9-21(10-12-22)33-27(36)15-25-28(37)35(16-19-7-8-20(31)14-23(19)32)24-17-34(18-26(24)40-25)29(38)41-30(2,3)4/h7-12,14,24-26H,5-6,13,15-18H2,1-4H3,(H,33,36). The number of unbranched alkanes of at least 4 members (excludes halogenated alkanes) is 1. The molecular weight excluding hydrogens is 569 g/mol. The van der Waals surface area contributed by atoms with Crippen molar-refractivity contribution in [3.63, 3.8) is 0 Å². The maximum Gasteiger partial charge on any atom is 0.410 e. The first-order chi connectivity index (χ1) is 19.4. The summed E-state index contributed by atoms with van der Waals surface area (Å²) in [5.41, 5.74) is 0.615. The maximum atomic E-state index is 13.7. The van der Waals surface area contributed by atoms with E-state index in [2.05, 4.69) is 12.2 Å². The molecule has 2 fully saturated rings. The van der Waals surface area contributed by atoms with Gasteiger partial charge in [-0.25, -0.2) is 4.79 Å². The normalized spacial score (nSPS) is 20.5. The molecule has 4 rings (SSSR count). The van der Waals surface area contributed by atoms with Gasteiger partial charge in [0.15, 0.2) is 0 Å². The average molecular weight is 607 g/mol. The van der Waals surface area contributed by atoms with Crippen molar-refractivity contribution in [3.05, 3.63) is 58.1 Å². The number of hydrogen-bond donors (Lipinski definition) is 1. The number of carbonyl (C=O) groups is 3. The molecule has 2 aromatic rings. The lowest BCUT2D eigenvalue weighted by molar-refractivity contribution is -0.169. The lowest BCUT2D eigenvalue weighted by atomic mass is 10.0. The molecule has 222 valence electrons. The predicted molar refractivity (Wildman–Crippen MR) is 157 cm³/mol. The highest BCUT2D eigenvalue weighted by Crippen LogP contribution is 2.32. The monoisotopic (exact) mass is 605 g/mol. The minimum absolute atomic E-state index is 0.180. The first kappa shape index (κ1) is 30.9. The summed E-state index contributed by atoms with van der Waals surface area (Å²) >= 11 is 12.5. The summed E-state index contributed by atoms with van der Waals surface area (Å²) in [6.07, 6.45) is -0.188. The van der Waals surface area contributed by atoms with Crippen LogP contribution in [0.15, 0.2) is 42.5 Å². The zero-order valence-corrected chi connectivity index (χ0v) is 25.3. The van der Waals surface area contributed by atoms with E-state index in [0.717, 1.165) is 18.6 Å². The van der Waals surface area contributed by atoms with E-state index in [-0.39, 0.29) is 37.9 Å². The van der Waals surface area contributed by atoms with E-state index in [1.165, 1.54) is 4.90 Å². The van der Waals surface area contributed by atoms with Gasteiger partial charge in [-0.15, -0.1) is 0 Å². The summed E-state index contributed by atoms with van der Waals surface area (Å²) in [7, 11) is 0. The van der Waals surface area contributed by atoms with Crippen molar-refractivity contribution in [2.45, 2.75) is 77.4 Å². The summed E-state index contributed by atoms with van der Waals surface area (Å²) in [5.74, 6) is 0.00612. The second-order valence-electron chi connectivity index (χ2n) is 11.3.